The second kappa shape index (κ2) is 8.01. The lowest BCUT2D eigenvalue weighted by atomic mass is 10.0. The van der Waals surface area contributed by atoms with E-state index in [1.165, 1.54) is 5.56 Å². The number of fused-ring (bicyclic) bond motifs is 1. The SMILES string of the molecule is Cc1ccc(-c2c[nH]c3ncc(-c4ccc(CN5CCCC(O)C5)cc4)cc23)cn1. The van der Waals surface area contributed by atoms with E-state index >= 15 is 0 Å². The van der Waals surface area contributed by atoms with Gasteiger partial charge in [0.2, 0.25) is 0 Å². The van der Waals surface area contributed by atoms with E-state index in [0.29, 0.717) is 0 Å². The summed E-state index contributed by atoms with van der Waals surface area (Å²) in [6.45, 7) is 4.71. The van der Waals surface area contributed by atoms with E-state index in [1.54, 1.807) is 0 Å². The van der Waals surface area contributed by atoms with Crippen LogP contribution in [0.2, 0.25) is 0 Å². The molecule has 0 amide bonds. The molecule has 1 aromatic carbocycles. The van der Waals surface area contributed by atoms with E-state index in [9.17, 15) is 5.11 Å². The maximum Gasteiger partial charge on any atom is 0.137 e. The van der Waals surface area contributed by atoms with Crippen LogP contribution in [0.25, 0.3) is 33.3 Å². The number of nitrogens with one attached hydrogen (secondary N) is 1. The Balaban J connectivity index is 1.40. The lowest BCUT2D eigenvalue weighted by Crippen LogP contribution is -2.37. The van der Waals surface area contributed by atoms with E-state index < -0.39 is 0 Å². The summed E-state index contributed by atoms with van der Waals surface area (Å²) in [4.78, 5) is 14.7. The van der Waals surface area contributed by atoms with Gasteiger partial charge in [-0.05, 0) is 49.6 Å². The number of piperidine rings is 1. The number of aryl methyl sites for hydroxylation is 1. The van der Waals surface area contributed by atoms with Crippen molar-refractivity contribution >= 4 is 11.0 Å². The molecule has 0 saturated carbocycles. The Morgan fingerprint density at radius 3 is 2.60 bits per heavy atom. The molecule has 0 bridgehead atoms. The number of β-amino-alcohol motifs (C(OH)–C–C–N with tert-alkyl or cyclic N) is 1. The molecular formula is C25H26N4O. The fraction of sp³-hybridized carbons (Fsp3) is 0.280. The number of aromatic nitrogens is 3. The standard InChI is InChI=1S/C25H26N4O/c1-17-4-7-20(12-26-17)24-14-28-25-23(24)11-21(13-27-25)19-8-5-18(6-9-19)15-29-10-2-3-22(30)16-29/h4-9,11-14,22,30H,2-3,10,15-16H2,1H3,(H,27,28). The normalized spacial score (nSPS) is 17.5. The summed E-state index contributed by atoms with van der Waals surface area (Å²) in [6.07, 6.45) is 7.65. The summed E-state index contributed by atoms with van der Waals surface area (Å²) in [6, 6.07) is 15.0. The van der Waals surface area contributed by atoms with Gasteiger partial charge in [0, 0.05) is 59.5 Å². The highest BCUT2D eigenvalue weighted by Crippen LogP contribution is 2.31. The van der Waals surface area contributed by atoms with E-state index in [-0.39, 0.29) is 6.10 Å². The Morgan fingerprint density at radius 2 is 1.83 bits per heavy atom. The first kappa shape index (κ1) is 19.0. The highest BCUT2D eigenvalue weighted by molar-refractivity contribution is 5.95. The smallest absolute Gasteiger partial charge is 0.137 e. The Kier molecular flexibility index (Phi) is 5.07. The zero-order chi connectivity index (χ0) is 20.5. The average Bonchev–Trinajstić information content (AvgIpc) is 3.18. The van der Waals surface area contributed by atoms with Crippen molar-refractivity contribution in [3.8, 4) is 22.3 Å². The molecule has 1 aliphatic heterocycles. The summed E-state index contributed by atoms with van der Waals surface area (Å²) in [7, 11) is 0. The Labute approximate surface area is 176 Å². The number of hydrogen-bond donors (Lipinski definition) is 2. The van der Waals surface area contributed by atoms with Crippen LogP contribution in [0.5, 0.6) is 0 Å². The number of rotatable bonds is 4. The Morgan fingerprint density at radius 1 is 1.03 bits per heavy atom. The molecule has 5 rings (SSSR count). The molecule has 5 nitrogen and oxygen atoms in total. The first-order valence-electron chi connectivity index (χ1n) is 10.6. The van der Waals surface area contributed by atoms with Crippen molar-refractivity contribution in [3.63, 3.8) is 0 Å². The Bertz CT molecular complexity index is 1150. The van der Waals surface area contributed by atoms with E-state index in [2.05, 4.69) is 56.3 Å². The fourth-order valence-electron chi connectivity index (χ4n) is 4.26. The van der Waals surface area contributed by atoms with E-state index in [0.717, 1.165) is 71.5 Å². The van der Waals surface area contributed by atoms with Gasteiger partial charge in [-0.1, -0.05) is 30.3 Å². The molecule has 30 heavy (non-hydrogen) atoms. The molecule has 2 N–H and O–H groups in total. The number of aliphatic hydroxyl groups is 1. The molecule has 1 saturated heterocycles. The summed E-state index contributed by atoms with van der Waals surface area (Å²) < 4.78 is 0. The van der Waals surface area contributed by atoms with Crippen LogP contribution >= 0.6 is 0 Å². The molecule has 5 heteroatoms. The largest absolute Gasteiger partial charge is 0.392 e. The maximum absolute atomic E-state index is 9.88. The molecule has 1 fully saturated rings. The highest BCUT2D eigenvalue weighted by Gasteiger charge is 2.17. The van der Waals surface area contributed by atoms with E-state index in [1.807, 2.05) is 31.6 Å². The van der Waals surface area contributed by atoms with Gasteiger partial charge in [-0.25, -0.2) is 4.98 Å². The number of hydrogen-bond acceptors (Lipinski definition) is 4. The third kappa shape index (κ3) is 3.86. The van der Waals surface area contributed by atoms with E-state index in [4.69, 9.17) is 0 Å². The maximum atomic E-state index is 9.88. The molecule has 0 spiro atoms. The van der Waals surface area contributed by atoms with Crippen LogP contribution in [0, 0.1) is 6.92 Å². The quantitative estimate of drug-likeness (QED) is 0.529. The van der Waals surface area contributed by atoms with Crippen molar-refractivity contribution in [2.45, 2.75) is 32.4 Å². The molecule has 152 valence electrons. The van der Waals surface area contributed by atoms with Crippen LogP contribution in [0.15, 0.2) is 61.1 Å². The summed E-state index contributed by atoms with van der Waals surface area (Å²) in [5, 5.41) is 11.0. The molecule has 1 aliphatic rings. The monoisotopic (exact) mass is 398 g/mol. The third-order valence-electron chi connectivity index (χ3n) is 5.93. The van der Waals surface area contributed by atoms with Gasteiger partial charge >= 0.3 is 0 Å². The Hall–Kier alpha value is -3.02. The highest BCUT2D eigenvalue weighted by atomic mass is 16.3. The van der Waals surface area contributed by atoms with Crippen molar-refractivity contribution in [1.82, 2.24) is 19.9 Å². The van der Waals surface area contributed by atoms with Crippen molar-refractivity contribution in [3.05, 3.63) is 72.3 Å². The zero-order valence-electron chi connectivity index (χ0n) is 17.2. The van der Waals surface area contributed by atoms with Gasteiger partial charge < -0.3 is 10.1 Å². The lowest BCUT2D eigenvalue weighted by Gasteiger charge is -2.29. The van der Waals surface area contributed by atoms with Crippen LogP contribution in [0.3, 0.4) is 0 Å². The van der Waals surface area contributed by atoms with Crippen molar-refractivity contribution in [2.24, 2.45) is 0 Å². The number of aliphatic hydroxyl groups excluding tert-OH is 1. The van der Waals surface area contributed by atoms with Gasteiger partial charge in [0.05, 0.1) is 6.10 Å². The number of benzene rings is 1. The fourth-order valence-corrected chi connectivity index (χ4v) is 4.26. The minimum atomic E-state index is -0.185. The van der Waals surface area contributed by atoms with Gasteiger partial charge in [0.15, 0.2) is 0 Å². The number of pyridine rings is 2. The lowest BCUT2D eigenvalue weighted by molar-refractivity contribution is 0.0668. The molecule has 4 heterocycles. The summed E-state index contributed by atoms with van der Waals surface area (Å²) in [5.74, 6) is 0. The molecule has 1 unspecified atom stereocenters. The predicted octanol–water partition coefficient (Wildman–Crippen LogP) is 4.56. The first-order chi connectivity index (χ1) is 14.7. The predicted molar refractivity (Wildman–Crippen MR) is 120 cm³/mol. The molecule has 0 aliphatic carbocycles. The van der Waals surface area contributed by atoms with Gasteiger partial charge in [0.1, 0.15) is 5.65 Å². The first-order valence-corrected chi connectivity index (χ1v) is 10.6. The van der Waals surface area contributed by atoms with Crippen LogP contribution < -0.4 is 0 Å². The number of H-pyrrole nitrogens is 1. The van der Waals surface area contributed by atoms with Crippen molar-refractivity contribution in [1.29, 1.82) is 0 Å². The molecule has 4 aromatic rings. The number of nitrogens with zero attached hydrogens (tertiary/aromatic N) is 3. The number of aromatic amines is 1. The van der Waals surface area contributed by atoms with Gasteiger partial charge in [-0.2, -0.15) is 0 Å². The van der Waals surface area contributed by atoms with Crippen LogP contribution in [-0.2, 0) is 6.54 Å². The molecule has 3 aromatic heterocycles. The van der Waals surface area contributed by atoms with Gasteiger partial charge in [0.25, 0.3) is 0 Å². The minimum absolute atomic E-state index is 0.185. The van der Waals surface area contributed by atoms with Gasteiger partial charge in [-0.3, -0.25) is 9.88 Å². The molecule has 0 radical (unpaired) electrons. The second-order valence-electron chi connectivity index (χ2n) is 8.24. The number of likely N-dealkylation sites (tertiary alicyclic amines) is 1. The van der Waals surface area contributed by atoms with Crippen molar-refractivity contribution < 1.29 is 5.11 Å². The minimum Gasteiger partial charge on any atom is -0.392 e. The van der Waals surface area contributed by atoms with Crippen molar-refractivity contribution in [2.75, 3.05) is 13.1 Å². The average molecular weight is 399 g/mol. The summed E-state index contributed by atoms with van der Waals surface area (Å²) in [5.41, 5.74) is 7.63. The van der Waals surface area contributed by atoms with Gasteiger partial charge in [-0.15, -0.1) is 0 Å². The van der Waals surface area contributed by atoms with Crippen LogP contribution in [0.4, 0.5) is 0 Å². The molecular weight excluding hydrogens is 372 g/mol. The molecule has 1 atom stereocenters. The second-order valence-corrected chi connectivity index (χ2v) is 8.24. The third-order valence-corrected chi connectivity index (χ3v) is 5.93. The van der Waals surface area contributed by atoms with Crippen LogP contribution in [0.1, 0.15) is 24.1 Å². The summed E-state index contributed by atoms with van der Waals surface area (Å²) >= 11 is 0. The van der Waals surface area contributed by atoms with Crippen LogP contribution in [-0.4, -0.2) is 44.2 Å². The zero-order valence-corrected chi connectivity index (χ0v) is 17.2. The topological polar surface area (TPSA) is 65.0 Å².